The van der Waals surface area contributed by atoms with E-state index in [0.29, 0.717) is 6.42 Å². The van der Waals surface area contributed by atoms with Gasteiger partial charge in [-0.1, -0.05) is 26.2 Å². The molecule has 1 saturated carbocycles. The molecule has 0 spiro atoms. The van der Waals surface area contributed by atoms with Crippen molar-refractivity contribution >= 4 is 23.6 Å². The van der Waals surface area contributed by atoms with E-state index in [1.54, 1.807) is 0 Å². The molecule has 0 aromatic heterocycles. The van der Waals surface area contributed by atoms with Gasteiger partial charge in [0.25, 0.3) is 0 Å². The van der Waals surface area contributed by atoms with Gasteiger partial charge in [-0.3, -0.25) is 9.59 Å². The maximum atomic E-state index is 12.1. The summed E-state index contributed by atoms with van der Waals surface area (Å²) in [5, 5.41) is 2.69. The van der Waals surface area contributed by atoms with E-state index < -0.39 is 0 Å². The van der Waals surface area contributed by atoms with Crippen LogP contribution in [0.4, 0.5) is 0 Å². The molecule has 4 nitrogen and oxygen atoms in total. The van der Waals surface area contributed by atoms with Crippen molar-refractivity contribution in [2.24, 2.45) is 0 Å². The second-order valence-electron chi connectivity index (χ2n) is 5.61. The second kappa shape index (κ2) is 6.16. The summed E-state index contributed by atoms with van der Waals surface area (Å²) >= 11 is 1.88. The molecule has 1 saturated heterocycles. The number of amides is 2. The van der Waals surface area contributed by atoms with E-state index in [1.807, 2.05) is 23.6 Å². The van der Waals surface area contributed by atoms with Crippen LogP contribution in [0.25, 0.3) is 0 Å². The molecule has 2 fully saturated rings. The van der Waals surface area contributed by atoms with Gasteiger partial charge in [-0.05, 0) is 25.5 Å². The SMILES string of the molecule is CCC1C(=O)NCC(=O)N1CC1(SC)CCCCC1. The number of nitrogens with zero attached hydrogens (tertiary/aromatic N) is 1. The van der Waals surface area contributed by atoms with Gasteiger partial charge < -0.3 is 10.2 Å². The molecule has 0 bridgehead atoms. The summed E-state index contributed by atoms with van der Waals surface area (Å²) in [7, 11) is 0. The number of hydrogen-bond donors (Lipinski definition) is 1. The molecule has 19 heavy (non-hydrogen) atoms. The second-order valence-corrected chi connectivity index (χ2v) is 6.89. The van der Waals surface area contributed by atoms with Crippen LogP contribution in [-0.2, 0) is 9.59 Å². The molecule has 2 aliphatic rings. The molecule has 5 heteroatoms. The molecule has 1 aliphatic carbocycles. The van der Waals surface area contributed by atoms with Crippen molar-refractivity contribution in [2.45, 2.75) is 56.2 Å². The average molecular weight is 284 g/mol. The first kappa shape index (κ1) is 14.7. The van der Waals surface area contributed by atoms with Crippen molar-refractivity contribution in [3.63, 3.8) is 0 Å². The lowest BCUT2D eigenvalue weighted by Crippen LogP contribution is -2.61. The highest BCUT2D eigenvalue weighted by Crippen LogP contribution is 2.39. The molecule has 1 heterocycles. The van der Waals surface area contributed by atoms with Gasteiger partial charge in [0, 0.05) is 11.3 Å². The molecule has 0 aromatic carbocycles. The maximum absolute atomic E-state index is 12.1. The summed E-state index contributed by atoms with van der Waals surface area (Å²) in [5.74, 6) is 0.0830. The first-order chi connectivity index (χ1) is 9.12. The Hall–Kier alpha value is -0.710. The van der Waals surface area contributed by atoms with Crippen molar-refractivity contribution in [2.75, 3.05) is 19.3 Å². The third kappa shape index (κ3) is 3.07. The van der Waals surface area contributed by atoms with Crippen LogP contribution in [0, 0.1) is 0 Å². The number of carbonyl (C=O) groups excluding carboxylic acids is 2. The molecule has 1 unspecified atom stereocenters. The number of hydrogen-bond acceptors (Lipinski definition) is 3. The van der Waals surface area contributed by atoms with Crippen LogP contribution in [0.3, 0.4) is 0 Å². The fourth-order valence-electron chi connectivity index (χ4n) is 3.23. The monoisotopic (exact) mass is 284 g/mol. The van der Waals surface area contributed by atoms with Crippen LogP contribution in [0.15, 0.2) is 0 Å². The highest BCUT2D eigenvalue weighted by Gasteiger charge is 2.40. The minimum absolute atomic E-state index is 0.00848. The fraction of sp³-hybridized carbons (Fsp3) is 0.857. The van der Waals surface area contributed by atoms with E-state index in [2.05, 4.69) is 11.6 Å². The topological polar surface area (TPSA) is 49.4 Å². The number of nitrogens with one attached hydrogen (secondary N) is 1. The van der Waals surface area contributed by atoms with Crippen LogP contribution >= 0.6 is 11.8 Å². The summed E-state index contributed by atoms with van der Waals surface area (Å²) in [6.45, 7) is 2.88. The lowest BCUT2D eigenvalue weighted by molar-refractivity contribution is -0.146. The first-order valence-electron chi connectivity index (χ1n) is 7.24. The van der Waals surface area contributed by atoms with Gasteiger partial charge in [-0.2, -0.15) is 11.8 Å². The predicted octanol–water partition coefficient (Wildman–Crippen LogP) is 1.79. The minimum Gasteiger partial charge on any atom is -0.345 e. The third-order valence-corrected chi connectivity index (χ3v) is 5.86. The van der Waals surface area contributed by atoms with Gasteiger partial charge in [0.15, 0.2) is 0 Å². The van der Waals surface area contributed by atoms with E-state index in [9.17, 15) is 9.59 Å². The quantitative estimate of drug-likeness (QED) is 0.856. The Morgan fingerprint density at radius 3 is 2.58 bits per heavy atom. The molecule has 2 amide bonds. The Labute approximate surface area is 119 Å². The number of piperazine rings is 1. The molecule has 1 aliphatic heterocycles. The highest BCUT2D eigenvalue weighted by molar-refractivity contribution is 8.00. The predicted molar refractivity (Wildman–Crippen MR) is 78.1 cm³/mol. The Morgan fingerprint density at radius 2 is 2.00 bits per heavy atom. The summed E-state index contributed by atoms with van der Waals surface area (Å²) < 4.78 is 0.166. The van der Waals surface area contributed by atoms with E-state index in [1.165, 1.54) is 19.3 Å². The Bertz CT molecular complexity index is 353. The van der Waals surface area contributed by atoms with Crippen LogP contribution in [0.1, 0.15) is 45.4 Å². The normalized spacial score (nSPS) is 27.3. The lowest BCUT2D eigenvalue weighted by atomic mass is 9.87. The zero-order valence-corrected chi connectivity index (χ0v) is 12.7. The molecule has 1 N–H and O–H groups in total. The van der Waals surface area contributed by atoms with Gasteiger partial charge in [0.1, 0.15) is 6.04 Å². The van der Waals surface area contributed by atoms with Crippen LogP contribution in [0.2, 0.25) is 0 Å². The van der Waals surface area contributed by atoms with E-state index in [-0.39, 0.29) is 29.1 Å². The minimum atomic E-state index is -0.271. The van der Waals surface area contributed by atoms with Gasteiger partial charge in [-0.25, -0.2) is 0 Å². The summed E-state index contributed by atoms with van der Waals surface area (Å²) in [6.07, 6.45) is 8.94. The van der Waals surface area contributed by atoms with Gasteiger partial charge in [0.2, 0.25) is 11.8 Å². The largest absolute Gasteiger partial charge is 0.345 e. The Kier molecular flexibility index (Phi) is 4.76. The van der Waals surface area contributed by atoms with E-state index in [4.69, 9.17) is 0 Å². The average Bonchev–Trinajstić information content (AvgIpc) is 2.44. The van der Waals surface area contributed by atoms with Crippen LogP contribution in [-0.4, -0.2) is 46.8 Å². The van der Waals surface area contributed by atoms with Gasteiger partial charge in [0.05, 0.1) is 6.54 Å². The van der Waals surface area contributed by atoms with Gasteiger partial charge in [-0.15, -0.1) is 0 Å². The van der Waals surface area contributed by atoms with E-state index in [0.717, 1.165) is 19.4 Å². The Morgan fingerprint density at radius 1 is 1.32 bits per heavy atom. The van der Waals surface area contributed by atoms with Gasteiger partial charge >= 0.3 is 0 Å². The molecule has 2 rings (SSSR count). The summed E-state index contributed by atoms with van der Waals surface area (Å²) in [4.78, 5) is 25.9. The Balaban J connectivity index is 2.13. The number of carbonyl (C=O) groups is 2. The summed E-state index contributed by atoms with van der Waals surface area (Å²) in [5.41, 5.74) is 0. The standard InChI is InChI=1S/C14H24N2O2S/c1-3-11-13(18)15-9-12(17)16(11)10-14(19-2)7-5-4-6-8-14/h11H,3-10H2,1-2H3,(H,15,18). The molecule has 0 radical (unpaired) electrons. The smallest absolute Gasteiger partial charge is 0.243 e. The number of rotatable bonds is 4. The van der Waals surface area contributed by atoms with Crippen molar-refractivity contribution in [3.05, 3.63) is 0 Å². The molecular formula is C14H24N2O2S. The molecule has 0 aromatic rings. The fourth-order valence-corrected chi connectivity index (χ4v) is 4.20. The highest BCUT2D eigenvalue weighted by atomic mass is 32.2. The molecule has 108 valence electrons. The van der Waals surface area contributed by atoms with Crippen LogP contribution < -0.4 is 5.32 Å². The lowest BCUT2D eigenvalue weighted by Gasteiger charge is -2.43. The van der Waals surface area contributed by atoms with Crippen molar-refractivity contribution in [3.8, 4) is 0 Å². The number of thioether (sulfide) groups is 1. The zero-order valence-electron chi connectivity index (χ0n) is 11.9. The zero-order chi connectivity index (χ0) is 13.9. The van der Waals surface area contributed by atoms with Crippen molar-refractivity contribution in [1.29, 1.82) is 0 Å². The summed E-state index contributed by atoms with van der Waals surface area (Å²) in [6, 6.07) is -0.271. The first-order valence-corrected chi connectivity index (χ1v) is 8.47. The van der Waals surface area contributed by atoms with E-state index >= 15 is 0 Å². The molecular weight excluding hydrogens is 260 g/mol. The van der Waals surface area contributed by atoms with Crippen molar-refractivity contribution < 1.29 is 9.59 Å². The van der Waals surface area contributed by atoms with Crippen molar-refractivity contribution in [1.82, 2.24) is 10.2 Å². The molecule has 1 atom stereocenters. The third-order valence-electron chi connectivity index (χ3n) is 4.46. The van der Waals surface area contributed by atoms with Crippen LogP contribution in [0.5, 0.6) is 0 Å². The maximum Gasteiger partial charge on any atom is 0.243 e.